The van der Waals surface area contributed by atoms with E-state index in [4.69, 9.17) is 21.7 Å². The summed E-state index contributed by atoms with van der Waals surface area (Å²) in [6, 6.07) is 6.04. The molecule has 0 atom stereocenters. The summed E-state index contributed by atoms with van der Waals surface area (Å²) in [4.78, 5) is 11.8. The van der Waals surface area contributed by atoms with E-state index in [2.05, 4.69) is 15.0 Å². The SMILES string of the molecule is COc1nc(C)nc(N(Cl)c2ccccc2S(N)(=O)=O)n1. The lowest BCUT2D eigenvalue weighted by Crippen LogP contribution is -2.17. The number of hydrogen-bond donors (Lipinski definition) is 1. The number of methoxy groups -OCH3 is 1. The molecule has 8 nitrogen and oxygen atoms in total. The maximum atomic E-state index is 11.6. The van der Waals surface area contributed by atoms with Crippen LogP contribution in [0.1, 0.15) is 5.82 Å². The van der Waals surface area contributed by atoms with Crippen molar-refractivity contribution < 1.29 is 13.2 Å². The second kappa shape index (κ2) is 5.80. The molecular weight excluding hydrogens is 318 g/mol. The minimum absolute atomic E-state index is 0.0251. The number of nitrogens with two attached hydrogens (primary N) is 1. The first-order valence-corrected chi connectivity index (χ1v) is 7.56. The predicted molar refractivity (Wildman–Crippen MR) is 76.9 cm³/mol. The zero-order valence-electron chi connectivity index (χ0n) is 11.2. The second-order valence-corrected chi connectivity index (χ2v) is 5.83. The summed E-state index contributed by atoms with van der Waals surface area (Å²) in [7, 11) is -2.54. The van der Waals surface area contributed by atoms with Crippen molar-refractivity contribution in [3.8, 4) is 6.01 Å². The molecule has 0 bridgehead atoms. The Balaban J connectivity index is 2.55. The lowest BCUT2D eigenvalue weighted by atomic mass is 10.3. The van der Waals surface area contributed by atoms with Crippen molar-refractivity contribution in [3.05, 3.63) is 30.1 Å². The average molecular weight is 330 g/mol. The standard InChI is InChI=1S/C11H12ClN5O3S/c1-7-14-10(16-11(15-7)20-2)17(12)8-5-3-4-6-9(8)21(13,18)19/h3-6H,1-2H3,(H2,13,18,19). The first-order valence-electron chi connectivity index (χ1n) is 5.67. The minimum Gasteiger partial charge on any atom is -0.467 e. The van der Waals surface area contributed by atoms with E-state index < -0.39 is 10.0 Å². The summed E-state index contributed by atoms with van der Waals surface area (Å²) in [6.45, 7) is 1.63. The van der Waals surface area contributed by atoms with E-state index in [0.29, 0.717) is 5.82 Å². The Labute approximate surface area is 126 Å². The summed E-state index contributed by atoms with van der Waals surface area (Å²) in [5.41, 5.74) is 0.134. The van der Waals surface area contributed by atoms with E-state index in [-0.39, 0.29) is 22.5 Å². The molecule has 0 amide bonds. The third-order valence-electron chi connectivity index (χ3n) is 2.46. The van der Waals surface area contributed by atoms with Crippen molar-refractivity contribution in [1.82, 2.24) is 15.0 Å². The van der Waals surface area contributed by atoms with Crippen molar-refractivity contribution in [3.63, 3.8) is 0 Å². The van der Waals surface area contributed by atoms with Crippen molar-refractivity contribution in [2.24, 2.45) is 5.14 Å². The molecule has 0 unspecified atom stereocenters. The summed E-state index contributed by atoms with van der Waals surface area (Å²) >= 11 is 6.15. The fourth-order valence-electron chi connectivity index (χ4n) is 1.59. The Morgan fingerprint density at radius 2 is 1.90 bits per heavy atom. The lowest BCUT2D eigenvalue weighted by molar-refractivity contribution is 0.377. The smallest absolute Gasteiger partial charge is 0.321 e. The second-order valence-electron chi connectivity index (χ2n) is 3.96. The number of sulfonamides is 1. The number of para-hydroxylation sites is 1. The van der Waals surface area contributed by atoms with Gasteiger partial charge in [-0.15, -0.1) is 0 Å². The molecule has 1 aromatic heterocycles. The van der Waals surface area contributed by atoms with Gasteiger partial charge in [-0.1, -0.05) is 12.1 Å². The highest BCUT2D eigenvalue weighted by molar-refractivity contribution is 7.89. The molecular formula is C11H12ClN5O3S. The van der Waals surface area contributed by atoms with Crippen LogP contribution in [0.2, 0.25) is 0 Å². The fourth-order valence-corrected chi connectivity index (χ4v) is 2.58. The van der Waals surface area contributed by atoms with E-state index in [1.54, 1.807) is 13.0 Å². The summed E-state index contributed by atoms with van der Waals surface area (Å²) in [5, 5.41) is 5.17. The topological polar surface area (TPSA) is 111 Å². The van der Waals surface area contributed by atoms with Crippen LogP contribution in [-0.2, 0) is 10.0 Å². The first-order chi connectivity index (χ1) is 9.82. The third-order valence-corrected chi connectivity index (χ3v) is 3.75. The molecule has 0 fully saturated rings. The first kappa shape index (κ1) is 15.4. The van der Waals surface area contributed by atoms with Gasteiger partial charge in [0.15, 0.2) is 0 Å². The highest BCUT2D eigenvalue weighted by Crippen LogP contribution is 2.30. The minimum atomic E-state index is -3.94. The van der Waals surface area contributed by atoms with Crippen LogP contribution in [-0.4, -0.2) is 30.5 Å². The van der Waals surface area contributed by atoms with Gasteiger partial charge in [-0.2, -0.15) is 15.0 Å². The molecule has 0 aliphatic heterocycles. The van der Waals surface area contributed by atoms with Gasteiger partial charge in [-0.05, 0) is 19.1 Å². The molecule has 1 aromatic carbocycles. The van der Waals surface area contributed by atoms with E-state index in [1.165, 1.54) is 25.3 Å². The van der Waals surface area contributed by atoms with Crippen LogP contribution in [0.3, 0.4) is 0 Å². The summed E-state index contributed by atoms with van der Waals surface area (Å²) in [6.07, 6.45) is 0. The van der Waals surface area contributed by atoms with Crippen LogP contribution in [0, 0.1) is 6.92 Å². The van der Waals surface area contributed by atoms with Gasteiger partial charge in [0.1, 0.15) is 10.7 Å². The van der Waals surface area contributed by atoms with Crippen LogP contribution in [0.5, 0.6) is 6.01 Å². The van der Waals surface area contributed by atoms with E-state index in [1.807, 2.05) is 0 Å². The van der Waals surface area contributed by atoms with Crippen LogP contribution in [0.4, 0.5) is 11.6 Å². The number of aryl methyl sites for hydroxylation is 1. The Morgan fingerprint density at radius 1 is 1.24 bits per heavy atom. The van der Waals surface area contributed by atoms with Gasteiger partial charge in [-0.25, -0.2) is 18.0 Å². The van der Waals surface area contributed by atoms with Gasteiger partial charge >= 0.3 is 6.01 Å². The predicted octanol–water partition coefficient (Wildman–Crippen LogP) is 1.13. The molecule has 112 valence electrons. The van der Waals surface area contributed by atoms with Crippen molar-refractivity contribution in [2.75, 3.05) is 11.5 Å². The highest BCUT2D eigenvalue weighted by atomic mass is 35.5. The number of benzene rings is 1. The van der Waals surface area contributed by atoms with Gasteiger partial charge in [0.05, 0.1) is 12.8 Å². The number of hydrogen-bond acceptors (Lipinski definition) is 7. The zero-order chi connectivity index (χ0) is 15.6. The molecule has 0 aliphatic rings. The Morgan fingerprint density at radius 3 is 2.52 bits per heavy atom. The number of anilines is 2. The molecule has 0 saturated heterocycles. The van der Waals surface area contributed by atoms with Crippen LogP contribution >= 0.6 is 11.8 Å². The van der Waals surface area contributed by atoms with Gasteiger partial charge in [-0.3, -0.25) is 0 Å². The fraction of sp³-hybridized carbons (Fsp3) is 0.182. The molecule has 2 aromatic rings. The highest BCUT2D eigenvalue weighted by Gasteiger charge is 2.21. The summed E-state index contributed by atoms with van der Waals surface area (Å²) in [5.74, 6) is 0.396. The number of nitrogens with zero attached hydrogens (tertiary/aromatic N) is 4. The molecule has 0 radical (unpaired) electrons. The van der Waals surface area contributed by atoms with E-state index >= 15 is 0 Å². The molecule has 2 N–H and O–H groups in total. The quantitative estimate of drug-likeness (QED) is 0.837. The molecule has 10 heteroatoms. The number of aromatic nitrogens is 3. The summed E-state index contributed by atoms with van der Waals surface area (Å²) < 4.78 is 29.1. The molecule has 0 saturated carbocycles. The van der Waals surface area contributed by atoms with Crippen molar-refractivity contribution >= 4 is 33.4 Å². The number of rotatable bonds is 4. The van der Waals surface area contributed by atoms with Crippen molar-refractivity contribution in [2.45, 2.75) is 11.8 Å². The normalized spacial score (nSPS) is 11.2. The molecule has 21 heavy (non-hydrogen) atoms. The van der Waals surface area contributed by atoms with Gasteiger partial charge < -0.3 is 4.74 Å². The van der Waals surface area contributed by atoms with Crippen LogP contribution in [0.15, 0.2) is 29.2 Å². The largest absolute Gasteiger partial charge is 0.467 e. The lowest BCUT2D eigenvalue weighted by Gasteiger charge is -2.16. The number of halogens is 1. The Hall–Kier alpha value is -1.97. The maximum absolute atomic E-state index is 11.6. The van der Waals surface area contributed by atoms with Gasteiger partial charge in [0, 0.05) is 11.8 Å². The number of ether oxygens (including phenoxy) is 1. The number of primary sulfonamides is 1. The molecule has 2 rings (SSSR count). The van der Waals surface area contributed by atoms with Gasteiger partial charge in [0.2, 0.25) is 10.0 Å². The van der Waals surface area contributed by atoms with Crippen molar-refractivity contribution in [1.29, 1.82) is 0 Å². The molecule has 1 heterocycles. The molecule has 0 spiro atoms. The average Bonchev–Trinajstić information content (AvgIpc) is 2.45. The van der Waals surface area contributed by atoms with Crippen LogP contribution < -0.4 is 14.3 Å². The zero-order valence-corrected chi connectivity index (χ0v) is 12.8. The molecule has 0 aliphatic carbocycles. The van der Waals surface area contributed by atoms with Gasteiger partial charge in [0.25, 0.3) is 5.95 Å². The third kappa shape index (κ3) is 3.38. The monoisotopic (exact) mass is 329 g/mol. The maximum Gasteiger partial charge on any atom is 0.321 e. The Bertz CT molecular complexity index is 768. The van der Waals surface area contributed by atoms with E-state index in [9.17, 15) is 8.42 Å². The van der Waals surface area contributed by atoms with E-state index in [0.717, 1.165) is 4.42 Å². The van der Waals surface area contributed by atoms with Crippen LogP contribution in [0.25, 0.3) is 0 Å². The Kier molecular flexibility index (Phi) is 4.26.